The lowest BCUT2D eigenvalue weighted by Crippen LogP contribution is -2.45. The molecule has 1 saturated heterocycles. The van der Waals surface area contributed by atoms with E-state index in [0.717, 1.165) is 22.8 Å². The smallest absolute Gasteiger partial charge is 0.328 e. The number of carbonyl (C=O) groups is 3. The van der Waals surface area contributed by atoms with Gasteiger partial charge in [-0.3, -0.25) is 9.59 Å². The van der Waals surface area contributed by atoms with Crippen molar-refractivity contribution in [3.8, 4) is 0 Å². The van der Waals surface area contributed by atoms with Crippen LogP contribution in [0.2, 0.25) is 0 Å². The van der Waals surface area contributed by atoms with Gasteiger partial charge in [0.25, 0.3) is 5.91 Å². The Morgan fingerprint density at radius 2 is 1.93 bits per heavy atom. The number of nitrogens with one attached hydrogen (secondary N) is 1. The molecule has 1 aliphatic rings. The van der Waals surface area contributed by atoms with Gasteiger partial charge in [0.1, 0.15) is 17.2 Å². The van der Waals surface area contributed by atoms with Crippen LogP contribution in [-0.2, 0) is 14.3 Å². The highest BCUT2D eigenvalue weighted by Gasteiger charge is 2.34. The number of likely N-dealkylation sites (tertiary alicyclic amines) is 1. The maximum absolute atomic E-state index is 12.5. The van der Waals surface area contributed by atoms with Crippen molar-refractivity contribution in [2.75, 3.05) is 20.2 Å². The number of benzene rings is 2. The molecule has 144 valence electrons. The van der Waals surface area contributed by atoms with Gasteiger partial charge in [-0.05, 0) is 37.1 Å². The van der Waals surface area contributed by atoms with E-state index >= 15 is 0 Å². The van der Waals surface area contributed by atoms with Crippen molar-refractivity contribution < 1.29 is 23.5 Å². The van der Waals surface area contributed by atoms with Gasteiger partial charge in [-0.25, -0.2) is 4.79 Å². The minimum absolute atomic E-state index is 0.176. The van der Waals surface area contributed by atoms with Gasteiger partial charge in [-0.15, -0.1) is 0 Å². The van der Waals surface area contributed by atoms with Crippen LogP contribution in [0, 0.1) is 0 Å². The van der Waals surface area contributed by atoms with Gasteiger partial charge in [-0.2, -0.15) is 0 Å². The largest absolute Gasteiger partial charge is 0.467 e. The van der Waals surface area contributed by atoms with Crippen LogP contribution in [0.1, 0.15) is 23.2 Å². The Hall–Kier alpha value is -3.35. The number of methoxy groups -OCH3 is 1. The van der Waals surface area contributed by atoms with Crippen molar-refractivity contribution in [3.63, 3.8) is 0 Å². The Morgan fingerprint density at radius 1 is 1.14 bits per heavy atom. The quantitative estimate of drug-likeness (QED) is 0.703. The third kappa shape index (κ3) is 3.19. The summed E-state index contributed by atoms with van der Waals surface area (Å²) < 4.78 is 10.5. The summed E-state index contributed by atoms with van der Waals surface area (Å²) in [6.07, 6.45) is 1.32. The molecule has 28 heavy (non-hydrogen) atoms. The van der Waals surface area contributed by atoms with Crippen LogP contribution in [0.15, 0.2) is 46.9 Å². The zero-order chi connectivity index (χ0) is 19.7. The normalized spacial score (nSPS) is 16.5. The van der Waals surface area contributed by atoms with Crippen molar-refractivity contribution in [2.24, 2.45) is 0 Å². The maximum Gasteiger partial charge on any atom is 0.328 e. The van der Waals surface area contributed by atoms with Crippen LogP contribution in [0.4, 0.5) is 0 Å². The van der Waals surface area contributed by atoms with Gasteiger partial charge in [0.15, 0.2) is 0 Å². The van der Waals surface area contributed by atoms with Crippen molar-refractivity contribution >= 4 is 39.7 Å². The second-order valence-corrected chi connectivity index (χ2v) is 6.76. The molecule has 1 atom stereocenters. The van der Waals surface area contributed by atoms with Gasteiger partial charge in [0.05, 0.1) is 13.7 Å². The van der Waals surface area contributed by atoms with Crippen molar-refractivity contribution in [1.29, 1.82) is 0 Å². The molecule has 2 amide bonds. The third-order valence-electron chi connectivity index (χ3n) is 5.09. The Morgan fingerprint density at radius 3 is 2.75 bits per heavy atom. The van der Waals surface area contributed by atoms with E-state index in [9.17, 15) is 14.4 Å². The molecule has 2 heterocycles. The van der Waals surface area contributed by atoms with E-state index in [-0.39, 0.29) is 18.4 Å². The summed E-state index contributed by atoms with van der Waals surface area (Å²) in [7, 11) is 1.30. The number of rotatable bonds is 4. The zero-order valence-electron chi connectivity index (χ0n) is 15.4. The number of para-hydroxylation sites is 1. The molecule has 0 saturated carbocycles. The van der Waals surface area contributed by atoms with Crippen LogP contribution in [0.3, 0.4) is 0 Å². The second-order valence-electron chi connectivity index (χ2n) is 6.76. The zero-order valence-corrected chi connectivity index (χ0v) is 15.4. The number of furan rings is 1. The summed E-state index contributed by atoms with van der Waals surface area (Å²) >= 11 is 0. The fraction of sp³-hybridized carbons (Fsp3) is 0.286. The van der Waals surface area contributed by atoms with E-state index in [0.29, 0.717) is 24.1 Å². The topological polar surface area (TPSA) is 88.9 Å². The molecule has 2 aromatic carbocycles. The summed E-state index contributed by atoms with van der Waals surface area (Å²) in [5, 5.41) is 4.55. The van der Waals surface area contributed by atoms with Crippen LogP contribution in [0.25, 0.3) is 21.9 Å². The molecule has 0 aliphatic carbocycles. The SMILES string of the molecule is COC(=O)[C@@H]1CCCN1C(=O)CNC(=O)c1ccc2c(c1)oc1ccccc12. The van der Waals surface area contributed by atoms with Gasteiger partial charge in [0, 0.05) is 22.9 Å². The van der Waals surface area contributed by atoms with Crippen LogP contribution < -0.4 is 5.32 Å². The number of hydrogen-bond donors (Lipinski definition) is 1. The summed E-state index contributed by atoms with van der Waals surface area (Å²) in [6, 6.07) is 12.3. The molecule has 7 nitrogen and oxygen atoms in total. The number of nitrogens with zero attached hydrogens (tertiary/aromatic N) is 1. The number of hydrogen-bond acceptors (Lipinski definition) is 5. The Kier molecular flexibility index (Phi) is 4.73. The van der Waals surface area contributed by atoms with Crippen molar-refractivity contribution in [1.82, 2.24) is 10.2 Å². The molecule has 0 unspecified atom stereocenters. The first-order valence-corrected chi connectivity index (χ1v) is 9.15. The first kappa shape index (κ1) is 18.0. The highest BCUT2D eigenvalue weighted by atomic mass is 16.5. The number of amides is 2. The summed E-state index contributed by atoms with van der Waals surface area (Å²) in [6.45, 7) is 0.309. The van der Waals surface area contributed by atoms with Crippen molar-refractivity contribution in [3.05, 3.63) is 48.0 Å². The standard InChI is InChI=1S/C21H20N2O5/c1-27-21(26)16-6-4-10-23(16)19(24)12-22-20(25)13-8-9-15-14-5-2-3-7-17(14)28-18(15)11-13/h2-3,5,7-9,11,16H,4,6,10,12H2,1H3,(H,22,25)/t16-/m0/s1. The van der Waals surface area contributed by atoms with Crippen LogP contribution >= 0.6 is 0 Å². The van der Waals surface area contributed by atoms with Gasteiger partial charge < -0.3 is 19.4 Å². The predicted molar refractivity (Wildman–Crippen MR) is 103 cm³/mol. The molecule has 0 spiro atoms. The lowest BCUT2D eigenvalue weighted by atomic mass is 10.1. The molecular weight excluding hydrogens is 360 g/mol. The molecule has 1 fully saturated rings. The lowest BCUT2D eigenvalue weighted by molar-refractivity contribution is -0.150. The number of carbonyl (C=O) groups excluding carboxylic acids is 3. The van der Waals surface area contributed by atoms with E-state index < -0.39 is 12.0 Å². The van der Waals surface area contributed by atoms with E-state index in [1.165, 1.54) is 12.0 Å². The highest BCUT2D eigenvalue weighted by Crippen LogP contribution is 2.29. The van der Waals surface area contributed by atoms with Crippen LogP contribution in [-0.4, -0.2) is 48.9 Å². The average molecular weight is 380 g/mol. The first-order valence-electron chi connectivity index (χ1n) is 9.15. The molecule has 1 aromatic heterocycles. The Labute approximate surface area is 161 Å². The minimum atomic E-state index is -0.568. The minimum Gasteiger partial charge on any atom is -0.467 e. The maximum atomic E-state index is 12.5. The first-order chi connectivity index (χ1) is 13.6. The van der Waals surface area contributed by atoms with E-state index in [2.05, 4.69) is 5.32 Å². The van der Waals surface area contributed by atoms with Crippen molar-refractivity contribution in [2.45, 2.75) is 18.9 Å². The number of ether oxygens (including phenoxy) is 1. The summed E-state index contributed by atoms with van der Waals surface area (Å²) in [5.41, 5.74) is 1.78. The molecule has 3 aromatic rings. The molecule has 0 bridgehead atoms. The fourth-order valence-corrected chi connectivity index (χ4v) is 3.67. The Balaban J connectivity index is 1.45. The van der Waals surface area contributed by atoms with Gasteiger partial charge in [0.2, 0.25) is 5.91 Å². The van der Waals surface area contributed by atoms with E-state index in [4.69, 9.17) is 9.15 Å². The summed E-state index contributed by atoms with van der Waals surface area (Å²) in [4.78, 5) is 38.1. The lowest BCUT2D eigenvalue weighted by Gasteiger charge is -2.22. The molecule has 7 heteroatoms. The third-order valence-corrected chi connectivity index (χ3v) is 5.09. The van der Waals surface area contributed by atoms with Gasteiger partial charge >= 0.3 is 5.97 Å². The van der Waals surface area contributed by atoms with E-state index in [1.807, 2.05) is 30.3 Å². The van der Waals surface area contributed by atoms with E-state index in [1.54, 1.807) is 12.1 Å². The highest BCUT2D eigenvalue weighted by molar-refractivity contribution is 6.07. The predicted octanol–water partition coefficient (Wildman–Crippen LogP) is 2.48. The molecule has 4 rings (SSSR count). The number of fused-ring (bicyclic) bond motifs is 3. The second kappa shape index (κ2) is 7.34. The summed E-state index contributed by atoms with van der Waals surface area (Å²) in [5.74, 6) is -1.09. The monoisotopic (exact) mass is 380 g/mol. The Bertz CT molecular complexity index is 1070. The average Bonchev–Trinajstić information content (AvgIpc) is 3.35. The number of esters is 1. The van der Waals surface area contributed by atoms with Gasteiger partial charge in [-0.1, -0.05) is 18.2 Å². The molecular formula is C21H20N2O5. The molecule has 1 aliphatic heterocycles. The molecule has 1 N–H and O–H groups in total. The molecule has 0 radical (unpaired) electrons. The fourth-order valence-electron chi connectivity index (χ4n) is 3.67. The van der Waals surface area contributed by atoms with Crippen LogP contribution in [0.5, 0.6) is 0 Å².